The molecule has 0 aliphatic carbocycles. The number of rotatable bonds is 3. The summed E-state index contributed by atoms with van der Waals surface area (Å²) in [7, 11) is 1.24. The van der Waals surface area contributed by atoms with Crippen molar-refractivity contribution in [2.45, 2.75) is 4.90 Å². The van der Waals surface area contributed by atoms with Gasteiger partial charge >= 0.3 is 6.16 Å². The summed E-state index contributed by atoms with van der Waals surface area (Å²) in [5, 5.41) is 2.57. The van der Waals surface area contributed by atoms with Gasteiger partial charge in [-0.05, 0) is 48.2 Å². The van der Waals surface area contributed by atoms with Crippen molar-refractivity contribution in [2.75, 3.05) is 12.4 Å². The van der Waals surface area contributed by atoms with E-state index in [-0.39, 0.29) is 5.24 Å². The van der Waals surface area contributed by atoms with Crippen LogP contribution in [0.25, 0.3) is 0 Å². The standard InChI is InChI=1S/C15H13NO4S/c1-19-15(18)20-12-7-9-13(10-8-12)21-14(17)16-11-5-3-2-4-6-11/h2-10H,1H3,(H,16,17). The number of carbonyl (C=O) groups is 2. The van der Waals surface area contributed by atoms with E-state index < -0.39 is 6.16 Å². The molecule has 0 saturated heterocycles. The van der Waals surface area contributed by atoms with Gasteiger partial charge in [-0.15, -0.1) is 0 Å². The average Bonchev–Trinajstić information content (AvgIpc) is 2.50. The molecule has 0 bridgehead atoms. The molecule has 21 heavy (non-hydrogen) atoms. The lowest BCUT2D eigenvalue weighted by Gasteiger charge is -2.05. The SMILES string of the molecule is COC(=O)Oc1ccc(SC(=O)Nc2ccccc2)cc1. The average molecular weight is 303 g/mol. The Hall–Kier alpha value is -2.47. The number of carbonyl (C=O) groups excluding carboxylic acids is 2. The van der Waals surface area contributed by atoms with Crippen LogP contribution in [0.5, 0.6) is 5.75 Å². The van der Waals surface area contributed by atoms with Gasteiger partial charge in [-0.3, -0.25) is 4.79 Å². The number of hydrogen-bond acceptors (Lipinski definition) is 5. The van der Waals surface area contributed by atoms with Gasteiger partial charge in [0.15, 0.2) is 0 Å². The highest BCUT2D eigenvalue weighted by Crippen LogP contribution is 2.23. The van der Waals surface area contributed by atoms with Gasteiger partial charge in [0.1, 0.15) is 5.75 Å². The highest BCUT2D eigenvalue weighted by Gasteiger charge is 2.07. The van der Waals surface area contributed by atoms with Crippen LogP contribution >= 0.6 is 11.8 Å². The van der Waals surface area contributed by atoms with Crippen LogP contribution in [0, 0.1) is 0 Å². The van der Waals surface area contributed by atoms with Gasteiger partial charge in [0.25, 0.3) is 5.24 Å². The normalized spacial score (nSPS) is 9.76. The van der Waals surface area contributed by atoms with Crippen LogP contribution in [0.4, 0.5) is 15.3 Å². The zero-order valence-corrected chi connectivity index (χ0v) is 12.1. The highest BCUT2D eigenvalue weighted by molar-refractivity contribution is 8.13. The number of benzene rings is 2. The maximum atomic E-state index is 11.8. The van der Waals surface area contributed by atoms with E-state index >= 15 is 0 Å². The summed E-state index contributed by atoms with van der Waals surface area (Å²) in [5.41, 5.74) is 0.737. The van der Waals surface area contributed by atoms with E-state index in [4.69, 9.17) is 4.74 Å². The Kier molecular flexibility index (Phi) is 5.22. The minimum absolute atomic E-state index is 0.192. The maximum absolute atomic E-state index is 11.8. The minimum Gasteiger partial charge on any atom is -0.437 e. The Labute approximate surface area is 126 Å². The molecule has 2 rings (SSSR count). The molecular formula is C15H13NO4S. The number of para-hydroxylation sites is 1. The fraction of sp³-hybridized carbons (Fsp3) is 0.0667. The Morgan fingerprint density at radius 2 is 1.67 bits per heavy atom. The van der Waals surface area contributed by atoms with E-state index in [0.29, 0.717) is 5.75 Å². The van der Waals surface area contributed by atoms with Crippen molar-refractivity contribution in [3.8, 4) is 5.75 Å². The van der Waals surface area contributed by atoms with Crippen LogP contribution in [0.2, 0.25) is 0 Å². The Morgan fingerprint density at radius 1 is 1.00 bits per heavy atom. The summed E-state index contributed by atoms with van der Waals surface area (Å²) >= 11 is 1.05. The molecule has 0 aliphatic rings. The number of methoxy groups -OCH3 is 1. The lowest BCUT2D eigenvalue weighted by molar-refractivity contribution is 0.121. The molecule has 0 atom stereocenters. The van der Waals surface area contributed by atoms with Gasteiger partial charge in [0.2, 0.25) is 0 Å². The van der Waals surface area contributed by atoms with Gasteiger partial charge in [-0.25, -0.2) is 4.79 Å². The van der Waals surface area contributed by atoms with Crippen molar-refractivity contribution in [3.63, 3.8) is 0 Å². The first-order valence-corrected chi connectivity index (χ1v) is 6.89. The Morgan fingerprint density at radius 3 is 2.29 bits per heavy atom. The van der Waals surface area contributed by atoms with Gasteiger partial charge in [-0.2, -0.15) is 0 Å². The van der Waals surface area contributed by atoms with Crippen molar-refractivity contribution in [1.82, 2.24) is 0 Å². The molecular weight excluding hydrogens is 290 g/mol. The number of amides is 1. The van der Waals surface area contributed by atoms with E-state index in [2.05, 4.69) is 10.1 Å². The summed E-state index contributed by atoms with van der Waals surface area (Å²) in [5.74, 6) is 0.356. The predicted octanol–water partition coefficient (Wildman–Crippen LogP) is 4.16. The van der Waals surface area contributed by atoms with Crippen molar-refractivity contribution in [2.24, 2.45) is 0 Å². The molecule has 0 unspecified atom stereocenters. The lowest BCUT2D eigenvalue weighted by atomic mass is 10.3. The lowest BCUT2D eigenvalue weighted by Crippen LogP contribution is -2.07. The fourth-order valence-corrected chi connectivity index (χ4v) is 2.14. The van der Waals surface area contributed by atoms with E-state index in [1.165, 1.54) is 7.11 Å². The van der Waals surface area contributed by atoms with Crippen LogP contribution in [-0.4, -0.2) is 18.5 Å². The van der Waals surface area contributed by atoms with E-state index in [1.54, 1.807) is 24.3 Å². The van der Waals surface area contributed by atoms with Crippen molar-refractivity contribution in [1.29, 1.82) is 0 Å². The molecule has 0 saturated carbocycles. The van der Waals surface area contributed by atoms with Gasteiger partial charge in [-0.1, -0.05) is 18.2 Å². The molecule has 2 aromatic carbocycles. The van der Waals surface area contributed by atoms with Crippen LogP contribution in [0.1, 0.15) is 0 Å². The van der Waals surface area contributed by atoms with Gasteiger partial charge in [0.05, 0.1) is 7.11 Å². The minimum atomic E-state index is -0.780. The first-order valence-electron chi connectivity index (χ1n) is 6.07. The monoisotopic (exact) mass is 303 g/mol. The third-order valence-electron chi connectivity index (χ3n) is 2.42. The molecule has 2 aromatic rings. The second-order valence-electron chi connectivity index (χ2n) is 3.91. The van der Waals surface area contributed by atoms with Crippen molar-refractivity contribution < 1.29 is 19.1 Å². The van der Waals surface area contributed by atoms with E-state index in [0.717, 1.165) is 22.3 Å². The molecule has 1 N–H and O–H groups in total. The second kappa shape index (κ2) is 7.35. The molecule has 0 aliphatic heterocycles. The first kappa shape index (κ1) is 14.9. The molecule has 0 heterocycles. The maximum Gasteiger partial charge on any atom is 0.513 e. The molecule has 0 aromatic heterocycles. The molecule has 6 heteroatoms. The summed E-state index contributed by atoms with van der Waals surface area (Å²) in [6, 6.07) is 15.8. The first-order chi connectivity index (χ1) is 10.2. The molecule has 5 nitrogen and oxygen atoms in total. The number of ether oxygens (including phenoxy) is 2. The zero-order chi connectivity index (χ0) is 15.1. The van der Waals surface area contributed by atoms with E-state index in [1.807, 2.05) is 30.3 Å². The third kappa shape index (κ3) is 4.85. The molecule has 1 amide bonds. The quantitative estimate of drug-likeness (QED) is 0.524. The summed E-state index contributed by atoms with van der Waals surface area (Å²) < 4.78 is 9.23. The smallest absolute Gasteiger partial charge is 0.437 e. The second-order valence-corrected chi connectivity index (χ2v) is 4.95. The van der Waals surface area contributed by atoms with Crippen LogP contribution in [0.3, 0.4) is 0 Å². The van der Waals surface area contributed by atoms with Crippen LogP contribution in [0.15, 0.2) is 59.5 Å². The summed E-state index contributed by atoms with van der Waals surface area (Å²) in [6.07, 6.45) is -0.780. The molecule has 108 valence electrons. The van der Waals surface area contributed by atoms with Gasteiger partial charge < -0.3 is 14.8 Å². The number of anilines is 1. The summed E-state index contributed by atoms with van der Waals surface area (Å²) in [4.78, 5) is 23.5. The van der Waals surface area contributed by atoms with Crippen molar-refractivity contribution in [3.05, 3.63) is 54.6 Å². The fourth-order valence-electron chi connectivity index (χ4n) is 1.49. The molecule has 0 radical (unpaired) electrons. The highest BCUT2D eigenvalue weighted by atomic mass is 32.2. The topological polar surface area (TPSA) is 64.6 Å². The number of nitrogens with one attached hydrogen (secondary N) is 1. The third-order valence-corrected chi connectivity index (χ3v) is 3.22. The number of thioether (sulfide) groups is 1. The zero-order valence-electron chi connectivity index (χ0n) is 11.2. The van der Waals surface area contributed by atoms with Crippen LogP contribution < -0.4 is 10.1 Å². The van der Waals surface area contributed by atoms with Gasteiger partial charge in [0, 0.05) is 10.6 Å². The number of hydrogen-bond donors (Lipinski definition) is 1. The largest absolute Gasteiger partial charge is 0.513 e. The summed E-state index contributed by atoms with van der Waals surface area (Å²) in [6.45, 7) is 0. The predicted molar refractivity (Wildman–Crippen MR) is 80.8 cm³/mol. The van der Waals surface area contributed by atoms with E-state index in [9.17, 15) is 9.59 Å². The Bertz CT molecular complexity index is 613. The van der Waals surface area contributed by atoms with Crippen LogP contribution in [-0.2, 0) is 4.74 Å². The van der Waals surface area contributed by atoms with Crippen molar-refractivity contribution >= 4 is 28.8 Å². The molecule has 0 fully saturated rings. The Balaban J connectivity index is 1.91. The molecule has 0 spiro atoms.